The standard InChI is InChI=1S/C15H12BrFO/c1-9-3-4-14(10(2)5-9)15(18)11-6-12(16)8-13(17)7-11/h3-8H,1-2H3. The molecule has 0 saturated heterocycles. The lowest BCUT2D eigenvalue weighted by Gasteiger charge is -2.07. The number of carbonyl (C=O) groups excluding carboxylic acids is 1. The van der Waals surface area contributed by atoms with E-state index < -0.39 is 5.82 Å². The van der Waals surface area contributed by atoms with Gasteiger partial charge < -0.3 is 0 Å². The van der Waals surface area contributed by atoms with Crippen LogP contribution >= 0.6 is 15.9 Å². The first-order chi connectivity index (χ1) is 8.47. The van der Waals surface area contributed by atoms with E-state index in [1.807, 2.05) is 26.0 Å². The van der Waals surface area contributed by atoms with Crippen LogP contribution in [0.4, 0.5) is 4.39 Å². The SMILES string of the molecule is Cc1ccc(C(=O)c2cc(F)cc(Br)c2)c(C)c1. The summed E-state index contributed by atoms with van der Waals surface area (Å²) in [6.45, 7) is 3.86. The van der Waals surface area contributed by atoms with Gasteiger partial charge in [-0.15, -0.1) is 0 Å². The zero-order chi connectivity index (χ0) is 13.3. The lowest BCUT2D eigenvalue weighted by atomic mass is 9.97. The smallest absolute Gasteiger partial charge is 0.193 e. The molecule has 0 saturated carbocycles. The number of hydrogen-bond donors (Lipinski definition) is 0. The molecule has 0 heterocycles. The molecule has 0 aliphatic rings. The first-order valence-corrected chi connectivity index (χ1v) is 6.35. The molecule has 2 aromatic rings. The van der Waals surface area contributed by atoms with Crippen molar-refractivity contribution in [1.82, 2.24) is 0 Å². The third kappa shape index (κ3) is 2.67. The Morgan fingerprint density at radius 3 is 2.44 bits per heavy atom. The number of carbonyl (C=O) groups is 1. The summed E-state index contributed by atoms with van der Waals surface area (Å²) in [6.07, 6.45) is 0. The minimum absolute atomic E-state index is 0.160. The van der Waals surface area contributed by atoms with Crippen molar-refractivity contribution in [2.45, 2.75) is 13.8 Å². The molecular formula is C15H12BrFO. The summed E-state index contributed by atoms with van der Waals surface area (Å²) in [5, 5.41) is 0. The predicted octanol–water partition coefficient (Wildman–Crippen LogP) is 4.44. The number of aryl methyl sites for hydroxylation is 2. The summed E-state index contributed by atoms with van der Waals surface area (Å²) in [4.78, 5) is 12.3. The second-order valence-corrected chi connectivity index (χ2v) is 5.22. The average molecular weight is 307 g/mol. The normalized spacial score (nSPS) is 10.4. The van der Waals surface area contributed by atoms with E-state index >= 15 is 0 Å². The van der Waals surface area contributed by atoms with E-state index in [-0.39, 0.29) is 5.78 Å². The van der Waals surface area contributed by atoms with Crippen molar-refractivity contribution in [2.75, 3.05) is 0 Å². The Kier molecular flexibility index (Phi) is 3.62. The van der Waals surface area contributed by atoms with Crippen molar-refractivity contribution in [3.05, 3.63) is 68.9 Å². The first-order valence-electron chi connectivity index (χ1n) is 5.55. The molecule has 18 heavy (non-hydrogen) atoms. The Balaban J connectivity index is 2.47. The van der Waals surface area contributed by atoms with Crippen molar-refractivity contribution in [2.24, 2.45) is 0 Å². The maximum absolute atomic E-state index is 13.3. The third-order valence-electron chi connectivity index (χ3n) is 2.75. The Hall–Kier alpha value is -1.48. The second-order valence-electron chi connectivity index (χ2n) is 4.31. The minimum Gasteiger partial charge on any atom is -0.289 e. The van der Waals surface area contributed by atoms with Crippen LogP contribution < -0.4 is 0 Å². The van der Waals surface area contributed by atoms with Crippen molar-refractivity contribution < 1.29 is 9.18 Å². The van der Waals surface area contributed by atoms with Gasteiger partial charge in [0.1, 0.15) is 5.82 Å². The molecule has 0 aliphatic carbocycles. The average Bonchev–Trinajstić information content (AvgIpc) is 2.26. The van der Waals surface area contributed by atoms with Gasteiger partial charge in [-0.1, -0.05) is 39.7 Å². The van der Waals surface area contributed by atoms with Gasteiger partial charge in [0, 0.05) is 15.6 Å². The summed E-state index contributed by atoms with van der Waals surface area (Å²) < 4.78 is 13.9. The van der Waals surface area contributed by atoms with Crippen molar-refractivity contribution in [3.63, 3.8) is 0 Å². The van der Waals surface area contributed by atoms with Crippen LogP contribution in [-0.4, -0.2) is 5.78 Å². The molecule has 0 bridgehead atoms. The molecule has 2 aromatic carbocycles. The Bertz CT molecular complexity index is 600. The molecule has 3 heteroatoms. The maximum atomic E-state index is 13.3. The van der Waals surface area contributed by atoms with Crippen LogP contribution in [0.25, 0.3) is 0 Å². The van der Waals surface area contributed by atoms with Gasteiger partial charge in [0.15, 0.2) is 5.78 Å². The minimum atomic E-state index is -0.419. The van der Waals surface area contributed by atoms with Crippen LogP contribution in [-0.2, 0) is 0 Å². The largest absolute Gasteiger partial charge is 0.289 e. The van der Waals surface area contributed by atoms with Gasteiger partial charge in [-0.2, -0.15) is 0 Å². The number of hydrogen-bond acceptors (Lipinski definition) is 1. The van der Waals surface area contributed by atoms with Crippen LogP contribution in [0.5, 0.6) is 0 Å². The molecule has 0 N–H and O–H groups in total. The van der Waals surface area contributed by atoms with Gasteiger partial charge in [0.05, 0.1) is 0 Å². The molecule has 0 fully saturated rings. The number of halogens is 2. The monoisotopic (exact) mass is 306 g/mol. The van der Waals surface area contributed by atoms with Crippen LogP contribution in [0.3, 0.4) is 0 Å². The third-order valence-corrected chi connectivity index (χ3v) is 3.21. The lowest BCUT2D eigenvalue weighted by molar-refractivity contribution is 0.103. The molecule has 0 radical (unpaired) electrons. The highest BCUT2D eigenvalue weighted by Crippen LogP contribution is 2.20. The Morgan fingerprint density at radius 1 is 1.11 bits per heavy atom. The van der Waals surface area contributed by atoms with Gasteiger partial charge in [-0.25, -0.2) is 4.39 Å². The highest BCUT2D eigenvalue weighted by molar-refractivity contribution is 9.10. The van der Waals surface area contributed by atoms with Gasteiger partial charge in [0.25, 0.3) is 0 Å². The first kappa shape index (κ1) is 13.0. The zero-order valence-electron chi connectivity index (χ0n) is 10.1. The lowest BCUT2D eigenvalue weighted by Crippen LogP contribution is -2.04. The van der Waals surface area contributed by atoms with Gasteiger partial charge >= 0.3 is 0 Å². The predicted molar refractivity (Wildman–Crippen MR) is 73.4 cm³/mol. The van der Waals surface area contributed by atoms with Crippen molar-refractivity contribution in [3.8, 4) is 0 Å². The van der Waals surface area contributed by atoms with E-state index in [0.29, 0.717) is 15.6 Å². The summed E-state index contributed by atoms with van der Waals surface area (Å²) in [6, 6.07) is 9.83. The van der Waals surface area contributed by atoms with E-state index in [4.69, 9.17) is 0 Å². The quantitative estimate of drug-likeness (QED) is 0.750. The number of benzene rings is 2. The molecule has 2 rings (SSSR count). The summed E-state index contributed by atoms with van der Waals surface area (Å²) >= 11 is 3.19. The van der Waals surface area contributed by atoms with E-state index in [1.54, 1.807) is 12.1 Å². The fourth-order valence-electron chi connectivity index (χ4n) is 1.91. The summed E-state index contributed by atoms with van der Waals surface area (Å²) in [5.74, 6) is -0.579. The topological polar surface area (TPSA) is 17.1 Å². The Labute approximate surface area is 114 Å². The highest BCUT2D eigenvalue weighted by Gasteiger charge is 2.13. The van der Waals surface area contributed by atoms with Gasteiger partial charge in [-0.05, 0) is 37.6 Å². The zero-order valence-corrected chi connectivity index (χ0v) is 11.7. The molecular weight excluding hydrogens is 295 g/mol. The van der Waals surface area contributed by atoms with E-state index in [0.717, 1.165) is 11.1 Å². The van der Waals surface area contributed by atoms with Gasteiger partial charge in [-0.3, -0.25) is 4.79 Å². The van der Waals surface area contributed by atoms with E-state index in [2.05, 4.69) is 15.9 Å². The highest BCUT2D eigenvalue weighted by atomic mass is 79.9. The maximum Gasteiger partial charge on any atom is 0.193 e. The molecule has 0 atom stereocenters. The van der Waals surface area contributed by atoms with E-state index in [1.165, 1.54) is 12.1 Å². The van der Waals surface area contributed by atoms with E-state index in [9.17, 15) is 9.18 Å². The fourth-order valence-corrected chi connectivity index (χ4v) is 2.37. The summed E-state index contributed by atoms with van der Waals surface area (Å²) in [7, 11) is 0. The number of ketones is 1. The van der Waals surface area contributed by atoms with Crippen molar-refractivity contribution in [1.29, 1.82) is 0 Å². The summed E-state index contributed by atoms with van der Waals surface area (Å²) in [5.41, 5.74) is 2.97. The molecule has 0 aliphatic heterocycles. The fraction of sp³-hybridized carbons (Fsp3) is 0.133. The number of rotatable bonds is 2. The molecule has 0 amide bonds. The molecule has 1 nitrogen and oxygen atoms in total. The molecule has 92 valence electrons. The second kappa shape index (κ2) is 5.02. The van der Waals surface area contributed by atoms with Crippen LogP contribution in [0, 0.1) is 19.7 Å². The molecule has 0 spiro atoms. The molecule has 0 aromatic heterocycles. The van der Waals surface area contributed by atoms with Crippen LogP contribution in [0.15, 0.2) is 40.9 Å². The Morgan fingerprint density at radius 2 is 1.83 bits per heavy atom. The molecule has 0 unspecified atom stereocenters. The van der Waals surface area contributed by atoms with Crippen molar-refractivity contribution >= 4 is 21.7 Å². The van der Waals surface area contributed by atoms with Crippen LogP contribution in [0.2, 0.25) is 0 Å². The van der Waals surface area contributed by atoms with Gasteiger partial charge in [0.2, 0.25) is 0 Å². The van der Waals surface area contributed by atoms with Crippen LogP contribution in [0.1, 0.15) is 27.0 Å².